The molecule has 0 bridgehead atoms. The summed E-state index contributed by atoms with van der Waals surface area (Å²) in [5.74, 6) is -0.277. The first kappa shape index (κ1) is 22.2. The van der Waals surface area contributed by atoms with E-state index in [4.69, 9.17) is 9.84 Å². The van der Waals surface area contributed by atoms with E-state index in [0.29, 0.717) is 30.2 Å². The van der Waals surface area contributed by atoms with E-state index in [0.717, 1.165) is 28.0 Å². The molecule has 1 aliphatic heterocycles. The summed E-state index contributed by atoms with van der Waals surface area (Å²) >= 11 is 0. The second-order valence-electron chi connectivity index (χ2n) is 9.66. The number of carbonyl (C=O) groups excluding carboxylic acids is 1. The predicted octanol–water partition coefficient (Wildman–Crippen LogP) is 3.87. The highest BCUT2D eigenvalue weighted by atomic mass is 16.5. The van der Waals surface area contributed by atoms with Crippen LogP contribution < -0.4 is 5.32 Å². The van der Waals surface area contributed by atoms with Crippen molar-refractivity contribution in [3.63, 3.8) is 0 Å². The molecule has 34 heavy (non-hydrogen) atoms. The maximum absolute atomic E-state index is 12.9. The van der Waals surface area contributed by atoms with E-state index < -0.39 is 5.60 Å². The number of aryl methyl sites for hydroxylation is 1. The van der Waals surface area contributed by atoms with Crippen LogP contribution in [0.25, 0.3) is 16.9 Å². The van der Waals surface area contributed by atoms with E-state index in [1.807, 2.05) is 31.3 Å². The van der Waals surface area contributed by atoms with E-state index in [1.165, 1.54) is 6.20 Å². The third-order valence-corrected chi connectivity index (χ3v) is 6.27. The molecular formula is C26H27N5O3. The molecule has 2 N–H and O–H groups in total. The number of aliphatic hydroxyl groups is 1. The van der Waals surface area contributed by atoms with Crippen molar-refractivity contribution in [1.82, 2.24) is 19.6 Å². The summed E-state index contributed by atoms with van der Waals surface area (Å²) in [7, 11) is 0. The lowest BCUT2D eigenvalue weighted by molar-refractivity contribution is -0.0495. The van der Waals surface area contributed by atoms with Crippen LogP contribution in [-0.2, 0) is 15.8 Å². The minimum atomic E-state index is -1.13. The van der Waals surface area contributed by atoms with Crippen molar-refractivity contribution in [3.8, 4) is 11.3 Å². The average molecular weight is 458 g/mol. The van der Waals surface area contributed by atoms with Gasteiger partial charge in [0.1, 0.15) is 5.60 Å². The number of nitrogens with one attached hydrogen (secondary N) is 1. The van der Waals surface area contributed by atoms with E-state index in [9.17, 15) is 9.90 Å². The zero-order chi connectivity index (χ0) is 24.1. The number of benzene rings is 1. The number of amides is 1. The van der Waals surface area contributed by atoms with Crippen molar-refractivity contribution < 1.29 is 14.6 Å². The Bertz CT molecular complexity index is 1400. The highest BCUT2D eigenvalue weighted by molar-refractivity contribution is 6.04. The summed E-state index contributed by atoms with van der Waals surface area (Å²) < 4.78 is 7.30. The standard InChI is InChI=1S/C26H27N5O3/c1-16-5-6-18(29-24(32)17-7-8-27-22(11-17)25(2,3)33)12-19(16)21-13-20(26(4)14-34-15-26)23-28-9-10-31(23)30-21/h5-13,33H,14-15H2,1-4H3,(H,29,32). The fourth-order valence-corrected chi connectivity index (χ4v) is 4.14. The number of carbonyl (C=O) groups is 1. The van der Waals surface area contributed by atoms with Crippen molar-refractivity contribution in [2.75, 3.05) is 18.5 Å². The fourth-order valence-electron chi connectivity index (χ4n) is 4.14. The van der Waals surface area contributed by atoms with Crippen LogP contribution in [0.3, 0.4) is 0 Å². The monoisotopic (exact) mass is 457 g/mol. The molecule has 0 aliphatic carbocycles. The first-order chi connectivity index (χ1) is 16.1. The largest absolute Gasteiger partial charge is 0.384 e. The van der Waals surface area contributed by atoms with E-state index in [2.05, 4.69) is 28.3 Å². The molecule has 8 nitrogen and oxygen atoms in total. The van der Waals surface area contributed by atoms with Crippen LogP contribution in [0.1, 0.15) is 48.0 Å². The van der Waals surface area contributed by atoms with Gasteiger partial charge in [-0.3, -0.25) is 9.78 Å². The molecule has 3 aromatic heterocycles. The van der Waals surface area contributed by atoms with Crippen LogP contribution >= 0.6 is 0 Å². The molecule has 1 saturated heterocycles. The lowest BCUT2D eigenvalue weighted by atomic mass is 9.81. The lowest BCUT2D eigenvalue weighted by Gasteiger charge is -2.38. The zero-order valence-electron chi connectivity index (χ0n) is 19.7. The molecule has 1 aromatic carbocycles. The first-order valence-corrected chi connectivity index (χ1v) is 11.2. The number of anilines is 1. The third-order valence-electron chi connectivity index (χ3n) is 6.27. The third kappa shape index (κ3) is 3.95. The molecule has 1 amide bonds. The van der Waals surface area contributed by atoms with Gasteiger partial charge in [0.15, 0.2) is 5.65 Å². The van der Waals surface area contributed by atoms with Gasteiger partial charge in [-0.15, -0.1) is 0 Å². The Morgan fingerprint density at radius 1 is 1.15 bits per heavy atom. The predicted molar refractivity (Wildman–Crippen MR) is 129 cm³/mol. The number of pyridine rings is 1. The van der Waals surface area contributed by atoms with Crippen LogP contribution in [0.5, 0.6) is 0 Å². The summed E-state index contributed by atoms with van der Waals surface area (Å²) in [6.07, 6.45) is 5.12. The van der Waals surface area contributed by atoms with Gasteiger partial charge in [0.25, 0.3) is 5.91 Å². The number of hydrogen-bond acceptors (Lipinski definition) is 6. The topological polar surface area (TPSA) is 102 Å². The minimum absolute atomic E-state index is 0.108. The Labute approximate surface area is 197 Å². The molecule has 0 spiro atoms. The SMILES string of the molecule is Cc1ccc(NC(=O)c2ccnc(C(C)(C)O)c2)cc1-c1cc(C2(C)COC2)c2nccn2n1. The number of hydrogen-bond donors (Lipinski definition) is 2. The summed E-state index contributed by atoms with van der Waals surface area (Å²) in [4.78, 5) is 21.6. The number of ether oxygens (including phenoxy) is 1. The maximum Gasteiger partial charge on any atom is 0.255 e. The zero-order valence-corrected chi connectivity index (χ0v) is 19.7. The number of aromatic nitrogens is 4. The van der Waals surface area contributed by atoms with Gasteiger partial charge in [-0.05, 0) is 56.7 Å². The van der Waals surface area contributed by atoms with Crippen LogP contribution in [0, 0.1) is 6.92 Å². The van der Waals surface area contributed by atoms with Gasteiger partial charge in [0.05, 0.1) is 24.6 Å². The fraction of sp³-hybridized carbons (Fsp3) is 0.308. The van der Waals surface area contributed by atoms with Gasteiger partial charge in [-0.1, -0.05) is 13.0 Å². The molecule has 4 aromatic rings. The van der Waals surface area contributed by atoms with Crippen molar-refractivity contribution >= 4 is 17.2 Å². The van der Waals surface area contributed by atoms with Crippen molar-refractivity contribution in [3.05, 3.63) is 77.4 Å². The molecule has 8 heteroatoms. The van der Waals surface area contributed by atoms with Crippen molar-refractivity contribution in [1.29, 1.82) is 0 Å². The Balaban J connectivity index is 1.50. The first-order valence-electron chi connectivity index (χ1n) is 11.2. The highest BCUT2D eigenvalue weighted by Gasteiger charge is 2.38. The molecule has 0 saturated carbocycles. The second kappa shape index (κ2) is 8.00. The van der Waals surface area contributed by atoms with Crippen LogP contribution in [-0.4, -0.2) is 43.8 Å². The number of rotatable bonds is 5. The Morgan fingerprint density at radius 2 is 1.94 bits per heavy atom. The molecule has 4 heterocycles. The summed E-state index contributed by atoms with van der Waals surface area (Å²) in [5, 5.41) is 18.0. The maximum atomic E-state index is 12.9. The van der Waals surface area contributed by atoms with E-state index >= 15 is 0 Å². The van der Waals surface area contributed by atoms with Gasteiger partial charge in [0, 0.05) is 46.4 Å². The lowest BCUT2D eigenvalue weighted by Crippen LogP contribution is -2.44. The highest BCUT2D eigenvalue weighted by Crippen LogP contribution is 2.36. The molecule has 0 atom stereocenters. The van der Waals surface area contributed by atoms with Crippen LogP contribution in [0.4, 0.5) is 5.69 Å². The summed E-state index contributed by atoms with van der Waals surface area (Å²) in [5.41, 5.74) is 4.96. The smallest absolute Gasteiger partial charge is 0.255 e. The van der Waals surface area contributed by atoms with Gasteiger partial charge < -0.3 is 15.2 Å². The second-order valence-corrected chi connectivity index (χ2v) is 9.66. The normalized spacial score (nSPS) is 15.2. The van der Waals surface area contributed by atoms with Crippen molar-refractivity contribution in [2.24, 2.45) is 0 Å². The molecule has 1 aliphatic rings. The molecule has 0 unspecified atom stereocenters. The van der Waals surface area contributed by atoms with Gasteiger partial charge in [-0.25, -0.2) is 9.50 Å². The van der Waals surface area contributed by atoms with Crippen LogP contribution in [0.2, 0.25) is 0 Å². The Kier molecular flexibility index (Phi) is 5.22. The van der Waals surface area contributed by atoms with E-state index in [1.54, 1.807) is 36.7 Å². The van der Waals surface area contributed by atoms with Crippen molar-refractivity contribution in [2.45, 2.75) is 38.7 Å². The van der Waals surface area contributed by atoms with E-state index in [-0.39, 0.29) is 11.3 Å². The number of nitrogens with zero attached hydrogens (tertiary/aromatic N) is 4. The quantitative estimate of drug-likeness (QED) is 0.472. The average Bonchev–Trinajstić information content (AvgIpc) is 3.26. The summed E-state index contributed by atoms with van der Waals surface area (Å²) in [6.45, 7) is 8.76. The molecular weight excluding hydrogens is 430 g/mol. The molecule has 5 rings (SSSR count). The Hall–Kier alpha value is -3.62. The molecule has 174 valence electrons. The minimum Gasteiger partial charge on any atom is -0.384 e. The van der Waals surface area contributed by atoms with Gasteiger partial charge in [0.2, 0.25) is 0 Å². The van der Waals surface area contributed by atoms with Gasteiger partial charge >= 0.3 is 0 Å². The molecule has 1 fully saturated rings. The summed E-state index contributed by atoms with van der Waals surface area (Å²) in [6, 6.07) is 11.1. The number of fused-ring (bicyclic) bond motifs is 1. The Morgan fingerprint density at radius 3 is 2.65 bits per heavy atom. The number of imidazole rings is 1. The molecule has 0 radical (unpaired) electrons. The van der Waals surface area contributed by atoms with Gasteiger partial charge in [-0.2, -0.15) is 5.10 Å². The van der Waals surface area contributed by atoms with Crippen LogP contribution in [0.15, 0.2) is 55.0 Å².